The minimum absolute atomic E-state index is 0.135. The second kappa shape index (κ2) is 7.10. The van der Waals surface area contributed by atoms with Crippen molar-refractivity contribution in [2.75, 3.05) is 26.2 Å². The fourth-order valence-corrected chi connectivity index (χ4v) is 6.74. The van der Waals surface area contributed by atoms with E-state index in [1.807, 2.05) is 24.3 Å². The maximum absolute atomic E-state index is 14.3. The van der Waals surface area contributed by atoms with Crippen LogP contribution in [0.1, 0.15) is 50.6 Å². The van der Waals surface area contributed by atoms with E-state index >= 15 is 0 Å². The molecule has 0 spiro atoms. The van der Waals surface area contributed by atoms with Crippen molar-refractivity contribution in [3.8, 4) is 0 Å². The number of rotatable bonds is 3. The van der Waals surface area contributed by atoms with Gasteiger partial charge in [-0.25, -0.2) is 9.97 Å². The normalized spacial score (nSPS) is 28.3. The van der Waals surface area contributed by atoms with Crippen LogP contribution in [0.25, 0.3) is 11.0 Å². The zero-order chi connectivity index (χ0) is 22.8. The van der Waals surface area contributed by atoms with E-state index in [9.17, 15) is 4.79 Å². The van der Waals surface area contributed by atoms with Crippen molar-refractivity contribution in [3.05, 3.63) is 71.5 Å². The van der Waals surface area contributed by atoms with Gasteiger partial charge in [0.15, 0.2) is 0 Å². The molecule has 5 heteroatoms. The van der Waals surface area contributed by atoms with E-state index in [2.05, 4.69) is 60.9 Å². The molecule has 1 saturated carbocycles. The monoisotopic (exact) mass is 440 g/mol. The molecule has 1 saturated heterocycles. The molecule has 6 rings (SSSR count). The highest BCUT2D eigenvalue weighted by molar-refractivity contribution is 5.93. The van der Waals surface area contributed by atoms with E-state index in [4.69, 9.17) is 9.97 Å². The molecule has 33 heavy (non-hydrogen) atoms. The first-order valence-corrected chi connectivity index (χ1v) is 12.2. The SMILES string of the molecule is CC12CCC(C(=O)N3CCN(Cc4ccccc4)CC3)(c3nc4ccccc4nc31)C2(C)C. The number of aromatic nitrogens is 2. The molecule has 2 unspecified atom stereocenters. The highest BCUT2D eigenvalue weighted by atomic mass is 16.2. The molecule has 2 aliphatic carbocycles. The quantitative estimate of drug-likeness (QED) is 0.609. The van der Waals surface area contributed by atoms with Crippen LogP contribution in [0.5, 0.6) is 0 Å². The van der Waals surface area contributed by atoms with E-state index in [1.165, 1.54) is 5.56 Å². The Labute approximate surface area is 195 Å². The first-order chi connectivity index (χ1) is 15.9. The van der Waals surface area contributed by atoms with Gasteiger partial charge < -0.3 is 4.90 Å². The number of nitrogens with zero attached hydrogens (tertiary/aromatic N) is 4. The van der Waals surface area contributed by atoms with Crippen molar-refractivity contribution in [2.24, 2.45) is 5.41 Å². The first kappa shape index (κ1) is 20.8. The van der Waals surface area contributed by atoms with Gasteiger partial charge in [0.2, 0.25) is 5.91 Å². The van der Waals surface area contributed by atoms with Crippen molar-refractivity contribution < 1.29 is 4.79 Å². The second-order valence-electron chi connectivity index (χ2n) is 10.8. The highest BCUT2D eigenvalue weighted by Gasteiger charge is 2.73. The zero-order valence-corrected chi connectivity index (χ0v) is 19.8. The van der Waals surface area contributed by atoms with Gasteiger partial charge >= 0.3 is 0 Å². The number of hydrogen-bond donors (Lipinski definition) is 0. The topological polar surface area (TPSA) is 49.3 Å². The van der Waals surface area contributed by atoms with Crippen LogP contribution >= 0.6 is 0 Å². The molecule has 1 amide bonds. The van der Waals surface area contributed by atoms with Crippen LogP contribution in [0.3, 0.4) is 0 Å². The Bertz CT molecular complexity index is 1230. The lowest BCUT2D eigenvalue weighted by molar-refractivity contribution is -0.143. The van der Waals surface area contributed by atoms with Gasteiger partial charge in [-0.05, 0) is 36.0 Å². The number of fused-ring (bicyclic) bond motifs is 6. The fraction of sp³-hybridized carbons (Fsp3) is 0.464. The van der Waals surface area contributed by atoms with E-state index in [0.717, 1.165) is 68.0 Å². The maximum Gasteiger partial charge on any atom is 0.235 e. The molecule has 2 bridgehead atoms. The molecule has 1 aromatic heterocycles. The Morgan fingerprint density at radius 3 is 2.09 bits per heavy atom. The van der Waals surface area contributed by atoms with Crippen LogP contribution < -0.4 is 0 Å². The Hall–Kier alpha value is -2.79. The number of hydrogen-bond acceptors (Lipinski definition) is 4. The molecule has 3 aromatic rings. The minimum atomic E-state index is -0.588. The molecular weight excluding hydrogens is 408 g/mol. The van der Waals surface area contributed by atoms with Crippen molar-refractivity contribution >= 4 is 16.9 Å². The smallest absolute Gasteiger partial charge is 0.235 e. The zero-order valence-electron chi connectivity index (χ0n) is 19.8. The third-order valence-corrected chi connectivity index (χ3v) is 9.22. The Morgan fingerprint density at radius 2 is 1.42 bits per heavy atom. The van der Waals surface area contributed by atoms with Crippen LogP contribution in [0.4, 0.5) is 0 Å². The molecule has 2 heterocycles. The maximum atomic E-state index is 14.3. The number of carbonyl (C=O) groups excluding carboxylic acids is 1. The van der Waals surface area contributed by atoms with Gasteiger partial charge in [0.05, 0.1) is 27.8 Å². The molecule has 2 aromatic carbocycles. The summed E-state index contributed by atoms with van der Waals surface area (Å²) in [6.45, 7) is 11.2. The predicted molar refractivity (Wildman–Crippen MR) is 130 cm³/mol. The van der Waals surface area contributed by atoms with E-state index in [0.29, 0.717) is 0 Å². The Kier molecular flexibility index (Phi) is 4.47. The van der Waals surface area contributed by atoms with Gasteiger partial charge in [-0.3, -0.25) is 9.69 Å². The van der Waals surface area contributed by atoms with Gasteiger partial charge in [0.1, 0.15) is 0 Å². The van der Waals surface area contributed by atoms with Crippen molar-refractivity contribution in [2.45, 2.75) is 51.0 Å². The van der Waals surface area contributed by atoms with Crippen LogP contribution in [-0.2, 0) is 22.2 Å². The summed E-state index contributed by atoms with van der Waals surface area (Å²) in [6.07, 6.45) is 1.85. The van der Waals surface area contributed by atoms with Crippen LogP contribution in [-0.4, -0.2) is 51.9 Å². The van der Waals surface area contributed by atoms with Crippen LogP contribution in [0.15, 0.2) is 54.6 Å². The van der Waals surface area contributed by atoms with Gasteiger partial charge in [-0.1, -0.05) is 63.2 Å². The summed E-state index contributed by atoms with van der Waals surface area (Å²) in [4.78, 5) is 29.1. The average molecular weight is 441 g/mol. The van der Waals surface area contributed by atoms with E-state index in [1.54, 1.807) is 0 Å². The Balaban J connectivity index is 1.32. The van der Waals surface area contributed by atoms with Crippen molar-refractivity contribution in [3.63, 3.8) is 0 Å². The average Bonchev–Trinajstić information content (AvgIpc) is 3.13. The standard InChI is InChI=1S/C28H32N4O/c1-26(2)27(3)13-14-28(26,24-23(27)29-21-11-7-8-12-22(21)30-24)25(33)32-17-15-31(16-18-32)19-20-9-5-4-6-10-20/h4-12H,13-19H2,1-3H3. The van der Waals surface area contributed by atoms with Gasteiger partial charge in [0.25, 0.3) is 0 Å². The van der Waals surface area contributed by atoms with Crippen molar-refractivity contribution in [1.29, 1.82) is 0 Å². The second-order valence-corrected chi connectivity index (χ2v) is 10.8. The summed E-state index contributed by atoms with van der Waals surface area (Å²) in [7, 11) is 0. The number of piperazine rings is 1. The van der Waals surface area contributed by atoms with Gasteiger partial charge in [0, 0.05) is 38.1 Å². The highest BCUT2D eigenvalue weighted by Crippen LogP contribution is 2.70. The summed E-state index contributed by atoms with van der Waals surface area (Å²) < 4.78 is 0. The van der Waals surface area contributed by atoms with Crippen LogP contribution in [0, 0.1) is 5.41 Å². The third kappa shape index (κ3) is 2.72. The number of amides is 1. The molecule has 2 fully saturated rings. The predicted octanol–water partition coefficient (Wildman–Crippen LogP) is 4.30. The van der Waals surface area contributed by atoms with Gasteiger partial charge in [-0.2, -0.15) is 0 Å². The molecule has 3 aliphatic rings. The van der Waals surface area contributed by atoms with Crippen molar-refractivity contribution in [1.82, 2.24) is 19.8 Å². The molecule has 0 N–H and O–H groups in total. The van der Waals surface area contributed by atoms with Crippen LogP contribution in [0.2, 0.25) is 0 Å². The lowest BCUT2D eigenvalue weighted by Crippen LogP contribution is -2.57. The van der Waals surface area contributed by atoms with Gasteiger partial charge in [-0.15, -0.1) is 0 Å². The lowest BCUT2D eigenvalue weighted by Gasteiger charge is -2.44. The Morgan fingerprint density at radius 1 is 0.818 bits per heavy atom. The minimum Gasteiger partial charge on any atom is -0.339 e. The van der Waals surface area contributed by atoms with E-state index < -0.39 is 5.41 Å². The number of para-hydroxylation sites is 2. The lowest BCUT2D eigenvalue weighted by atomic mass is 9.63. The molecule has 5 nitrogen and oxygen atoms in total. The summed E-state index contributed by atoms with van der Waals surface area (Å²) >= 11 is 0. The molecule has 2 atom stereocenters. The third-order valence-electron chi connectivity index (χ3n) is 9.22. The number of benzene rings is 2. The molecule has 0 radical (unpaired) electrons. The number of carbonyl (C=O) groups is 1. The summed E-state index contributed by atoms with van der Waals surface area (Å²) in [5.41, 5.74) is 4.19. The summed E-state index contributed by atoms with van der Waals surface area (Å²) in [5.74, 6) is 0.263. The largest absolute Gasteiger partial charge is 0.339 e. The first-order valence-electron chi connectivity index (χ1n) is 12.2. The summed E-state index contributed by atoms with van der Waals surface area (Å²) in [5, 5.41) is 0. The molecule has 1 aliphatic heterocycles. The molecular formula is C28H32N4O. The fourth-order valence-electron chi connectivity index (χ4n) is 6.74. The van der Waals surface area contributed by atoms with E-state index in [-0.39, 0.29) is 16.7 Å². The summed E-state index contributed by atoms with van der Waals surface area (Å²) in [6, 6.07) is 18.7. The molecule has 170 valence electrons.